The lowest BCUT2D eigenvalue weighted by atomic mass is 9.75. The molecule has 0 bridgehead atoms. The molecule has 1 aliphatic carbocycles. The molecule has 0 spiro atoms. The number of nitrogens with zero attached hydrogens (tertiary/aromatic N) is 2. The summed E-state index contributed by atoms with van der Waals surface area (Å²) in [5, 5.41) is 3.97. The Hall–Kier alpha value is -1.65. The molecule has 21 heavy (non-hydrogen) atoms. The maximum atomic E-state index is 12.2. The topological polar surface area (TPSA) is 54.9 Å². The molecule has 2 unspecified atom stereocenters. The van der Waals surface area contributed by atoms with Crippen molar-refractivity contribution in [3.63, 3.8) is 0 Å². The third kappa shape index (κ3) is 3.01. The number of benzene rings is 1. The molecule has 0 radical (unpaired) electrons. The number of amides is 1. The van der Waals surface area contributed by atoms with Crippen LogP contribution in [0.4, 0.5) is 0 Å². The normalized spacial score (nSPS) is 20.7. The van der Waals surface area contributed by atoms with Crippen molar-refractivity contribution in [3.8, 4) is 0 Å². The minimum Gasteiger partial charge on any atom is -0.347 e. The van der Waals surface area contributed by atoms with Crippen molar-refractivity contribution in [3.05, 3.63) is 58.1 Å². The third-order valence-corrected chi connectivity index (χ3v) is 4.30. The van der Waals surface area contributed by atoms with Crippen LogP contribution in [0.25, 0.3) is 0 Å². The van der Waals surface area contributed by atoms with Crippen LogP contribution < -0.4 is 5.32 Å². The van der Waals surface area contributed by atoms with E-state index in [1.54, 1.807) is 0 Å². The van der Waals surface area contributed by atoms with Gasteiger partial charge in [-0.2, -0.15) is 0 Å². The lowest BCUT2D eigenvalue weighted by Gasteiger charge is -2.37. The van der Waals surface area contributed by atoms with E-state index in [4.69, 9.17) is 23.2 Å². The molecule has 2 atom stereocenters. The van der Waals surface area contributed by atoms with Gasteiger partial charge in [0.1, 0.15) is 12.0 Å². The Bertz CT molecular complexity index is 660. The third-order valence-electron chi connectivity index (χ3n) is 3.77. The summed E-state index contributed by atoms with van der Waals surface area (Å²) in [6, 6.07) is 7.85. The van der Waals surface area contributed by atoms with Crippen LogP contribution in [0.3, 0.4) is 0 Å². The number of carbonyl (C=O) groups is 1. The summed E-state index contributed by atoms with van der Waals surface area (Å²) in [5.74, 6) is 0.0536. The number of halogens is 2. The Labute approximate surface area is 132 Å². The second-order valence-corrected chi connectivity index (χ2v) is 5.88. The lowest BCUT2D eigenvalue weighted by molar-refractivity contribution is 0.0899. The quantitative estimate of drug-likeness (QED) is 0.941. The molecule has 6 heteroatoms. The van der Waals surface area contributed by atoms with E-state index < -0.39 is 0 Å². The minimum absolute atomic E-state index is 0.102. The summed E-state index contributed by atoms with van der Waals surface area (Å²) < 4.78 is 0. The zero-order valence-corrected chi connectivity index (χ0v) is 12.6. The zero-order valence-electron chi connectivity index (χ0n) is 11.1. The maximum absolute atomic E-state index is 12.2. The van der Waals surface area contributed by atoms with Crippen molar-refractivity contribution in [2.24, 2.45) is 0 Å². The Kier molecular flexibility index (Phi) is 4.08. The lowest BCUT2D eigenvalue weighted by Crippen LogP contribution is -2.45. The summed E-state index contributed by atoms with van der Waals surface area (Å²) >= 11 is 11.8. The number of nitrogens with one attached hydrogen (secondary N) is 1. The van der Waals surface area contributed by atoms with Crippen LogP contribution in [0.2, 0.25) is 10.0 Å². The predicted molar refractivity (Wildman–Crippen MR) is 81.7 cm³/mol. The van der Waals surface area contributed by atoms with E-state index in [0.717, 1.165) is 12.8 Å². The second-order valence-electron chi connectivity index (χ2n) is 5.03. The number of rotatable bonds is 3. The highest BCUT2D eigenvalue weighted by Gasteiger charge is 2.33. The van der Waals surface area contributed by atoms with Gasteiger partial charge in [0.15, 0.2) is 0 Å². The van der Waals surface area contributed by atoms with Crippen molar-refractivity contribution in [1.29, 1.82) is 0 Å². The van der Waals surface area contributed by atoms with Crippen molar-refractivity contribution in [2.45, 2.75) is 24.8 Å². The zero-order chi connectivity index (χ0) is 14.8. The van der Waals surface area contributed by atoms with Crippen LogP contribution in [0.5, 0.6) is 0 Å². The highest BCUT2D eigenvalue weighted by molar-refractivity contribution is 6.33. The van der Waals surface area contributed by atoms with Crippen molar-refractivity contribution in [1.82, 2.24) is 15.3 Å². The van der Waals surface area contributed by atoms with Crippen LogP contribution in [-0.2, 0) is 0 Å². The molecular weight excluding hydrogens is 309 g/mol. The van der Waals surface area contributed by atoms with E-state index >= 15 is 0 Å². The molecule has 2 aromatic rings. The summed E-state index contributed by atoms with van der Waals surface area (Å²) in [6.45, 7) is 0. The SMILES string of the molecule is O=C(NC1CCC1c1ccc(Cl)cc1)c1ncncc1Cl. The molecule has 1 aliphatic rings. The molecule has 108 valence electrons. The fourth-order valence-corrected chi connectivity index (χ4v) is 2.82. The van der Waals surface area contributed by atoms with Gasteiger partial charge in [-0.25, -0.2) is 9.97 Å². The number of aromatic nitrogens is 2. The predicted octanol–water partition coefficient (Wildman–Crippen LogP) is 3.46. The van der Waals surface area contributed by atoms with Gasteiger partial charge >= 0.3 is 0 Å². The average Bonchev–Trinajstić information content (AvgIpc) is 2.46. The van der Waals surface area contributed by atoms with E-state index in [9.17, 15) is 4.79 Å². The molecule has 1 N–H and O–H groups in total. The fourth-order valence-electron chi connectivity index (χ4n) is 2.50. The molecule has 3 rings (SSSR count). The van der Waals surface area contributed by atoms with E-state index in [1.165, 1.54) is 18.1 Å². The van der Waals surface area contributed by atoms with Gasteiger partial charge in [-0.15, -0.1) is 0 Å². The Morgan fingerprint density at radius 3 is 2.57 bits per heavy atom. The summed E-state index contributed by atoms with van der Waals surface area (Å²) in [7, 11) is 0. The largest absolute Gasteiger partial charge is 0.347 e. The Morgan fingerprint density at radius 1 is 1.19 bits per heavy atom. The molecule has 1 heterocycles. The van der Waals surface area contributed by atoms with E-state index in [-0.39, 0.29) is 22.7 Å². The molecule has 1 aromatic heterocycles. The van der Waals surface area contributed by atoms with Crippen LogP contribution in [-0.4, -0.2) is 21.9 Å². The van der Waals surface area contributed by atoms with E-state index in [2.05, 4.69) is 15.3 Å². The number of carbonyl (C=O) groups excluding carboxylic acids is 1. The first-order chi connectivity index (χ1) is 10.1. The summed E-state index contributed by atoms with van der Waals surface area (Å²) in [5.41, 5.74) is 1.40. The minimum atomic E-state index is -0.258. The molecule has 0 aliphatic heterocycles. The fraction of sp³-hybridized carbons (Fsp3) is 0.267. The summed E-state index contributed by atoms with van der Waals surface area (Å²) in [4.78, 5) is 19.9. The first kappa shape index (κ1) is 14.3. The first-order valence-corrected chi connectivity index (χ1v) is 7.42. The smallest absolute Gasteiger partial charge is 0.271 e. The van der Waals surface area contributed by atoms with Gasteiger partial charge in [0.2, 0.25) is 0 Å². The van der Waals surface area contributed by atoms with Crippen LogP contribution >= 0.6 is 23.2 Å². The molecule has 4 nitrogen and oxygen atoms in total. The number of hydrogen-bond donors (Lipinski definition) is 1. The Morgan fingerprint density at radius 2 is 1.95 bits per heavy atom. The van der Waals surface area contributed by atoms with Gasteiger partial charge in [-0.1, -0.05) is 35.3 Å². The van der Waals surface area contributed by atoms with Gasteiger partial charge in [0.25, 0.3) is 5.91 Å². The standard InChI is InChI=1S/C15H13Cl2N3O/c16-10-3-1-9(2-4-10)11-5-6-13(11)20-15(21)14-12(17)7-18-8-19-14/h1-4,7-8,11,13H,5-6H2,(H,20,21). The monoisotopic (exact) mass is 321 g/mol. The highest BCUT2D eigenvalue weighted by Crippen LogP contribution is 2.37. The molecule has 1 amide bonds. The van der Waals surface area contributed by atoms with E-state index in [0.29, 0.717) is 10.9 Å². The first-order valence-electron chi connectivity index (χ1n) is 6.67. The maximum Gasteiger partial charge on any atom is 0.271 e. The second kappa shape index (κ2) is 6.00. The number of hydrogen-bond acceptors (Lipinski definition) is 3. The van der Waals surface area contributed by atoms with Gasteiger partial charge in [-0.3, -0.25) is 4.79 Å². The Balaban J connectivity index is 1.70. The van der Waals surface area contributed by atoms with Crippen molar-refractivity contribution in [2.75, 3.05) is 0 Å². The van der Waals surface area contributed by atoms with Crippen LogP contribution in [0.15, 0.2) is 36.8 Å². The molecule has 0 saturated heterocycles. The molecule has 1 saturated carbocycles. The van der Waals surface area contributed by atoms with Gasteiger partial charge in [0.05, 0.1) is 5.02 Å². The highest BCUT2D eigenvalue weighted by atomic mass is 35.5. The van der Waals surface area contributed by atoms with Gasteiger partial charge in [-0.05, 0) is 30.5 Å². The molecule has 1 aromatic carbocycles. The molecule has 1 fully saturated rings. The van der Waals surface area contributed by atoms with E-state index in [1.807, 2.05) is 24.3 Å². The van der Waals surface area contributed by atoms with Crippen molar-refractivity contribution < 1.29 is 4.79 Å². The summed E-state index contributed by atoms with van der Waals surface area (Å²) in [6.07, 6.45) is 4.73. The molecular formula is C15H13Cl2N3O. The van der Waals surface area contributed by atoms with Crippen LogP contribution in [0, 0.1) is 0 Å². The van der Waals surface area contributed by atoms with Crippen molar-refractivity contribution >= 4 is 29.1 Å². The van der Waals surface area contributed by atoms with Gasteiger partial charge in [0, 0.05) is 23.2 Å². The van der Waals surface area contributed by atoms with Gasteiger partial charge < -0.3 is 5.32 Å². The average molecular weight is 322 g/mol. The van der Waals surface area contributed by atoms with Crippen LogP contribution in [0.1, 0.15) is 34.8 Å².